The molecule has 0 spiro atoms. The first kappa shape index (κ1) is 13.0. The Morgan fingerprint density at radius 2 is 2.21 bits per heavy atom. The van der Waals surface area contributed by atoms with Gasteiger partial charge in [-0.25, -0.2) is 0 Å². The number of nitro benzene ring substituents is 1. The maximum atomic E-state index is 12.0. The molecule has 1 aromatic carbocycles. The zero-order valence-electron chi connectivity index (χ0n) is 10.0. The third-order valence-corrected chi connectivity index (χ3v) is 3.00. The Hall–Kier alpha value is -2.44. The molecule has 0 fully saturated rings. The Kier molecular flexibility index (Phi) is 3.46. The number of hydrogen-bond donors (Lipinski definition) is 1. The van der Waals surface area contributed by atoms with Crippen molar-refractivity contribution in [2.45, 2.75) is 19.4 Å². The summed E-state index contributed by atoms with van der Waals surface area (Å²) in [4.78, 5) is 34.0. The highest BCUT2D eigenvalue weighted by Gasteiger charge is 2.28. The van der Waals surface area contributed by atoms with E-state index in [0.717, 1.165) is 5.56 Å². The molecule has 1 aliphatic heterocycles. The van der Waals surface area contributed by atoms with E-state index in [1.54, 1.807) is 6.07 Å². The zero-order chi connectivity index (χ0) is 14.0. The van der Waals surface area contributed by atoms with Gasteiger partial charge < -0.3 is 10.0 Å². The van der Waals surface area contributed by atoms with Crippen molar-refractivity contribution in [3.8, 4) is 0 Å². The number of carboxylic acid groups (broad SMARTS) is 1. The first-order valence-electron chi connectivity index (χ1n) is 5.77. The number of nitro groups is 1. The number of nitrogens with zero attached hydrogens (tertiary/aromatic N) is 2. The normalized spacial score (nSPS) is 13.5. The smallest absolute Gasteiger partial charge is 0.303 e. The summed E-state index contributed by atoms with van der Waals surface area (Å²) >= 11 is 0. The van der Waals surface area contributed by atoms with Gasteiger partial charge in [-0.2, -0.15) is 0 Å². The standard InChI is InChI=1S/C12H12N2O5/c15-11(16)2-1-5-13-7-8-3-4-9(14(18)19)6-10(8)12(13)17/h3-4,6H,1-2,5,7H2,(H,15,16). The highest BCUT2D eigenvalue weighted by atomic mass is 16.6. The van der Waals surface area contributed by atoms with E-state index in [9.17, 15) is 19.7 Å². The van der Waals surface area contributed by atoms with Crippen LogP contribution < -0.4 is 0 Å². The topological polar surface area (TPSA) is 101 Å². The number of benzene rings is 1. The van der Waals surface area contributed by atoms with Gasteiger partial charge in [0, 0.05) is 31.6 Å². The molecule has 2 rings (SSSR count). The fraction of sp³-hybridized carbons (Fsp3) is 0.333. The average Bonchev–Trinajstić information content (AvgIpc) is 2.66. The number of hydrogen-bond acceptors (Lipinski definition) is 4. The minimum atomic E-state index is -0.903. The van der Waals surface area contributed by atoms with Crippen molar-refractivity contribution in [2.75, 3.05) is 6.54 Å². The molecular formula is C12H12N2O5. The molecule has 0 radical (unpaired) electrons. The molecule has 1 heterocycles. The van der Waals surface area contributed by atoms with Gasteiger partial charge in [0.05, 0.1) is 10.5 Å². The van der Waals surface area contributed by atoms with Crippen LogP contribution in [0.15, 0.2) is 18.2 Å². The number of carbonyl (C=O) groups excluding carboxylic acids is 1. The van der Waals surface area contributed by atoms with Crippen molar-refractivity contribution in [1.82, 2.24) is 4.90 Å². The number of aliphatic carboxylic acids is 1. The molecule has 0 saturated heterocycles. The zero-order valence-corrected chi connectivity index (χ0v) is 10.0. The lowest BCUT2D eigenvalue weighted by molar-refractivity contribution is -0.384. The molecule has 1 aliphatic rings. The van der Waals surface area contributed by atoms with Crippen LogP contribution in [0.2, 0.25) is 0 Å². The number of non-ortho nitro benzene ring substituents is 1. The molecule has 19 heavy (non-hydrogen) atoms. The van der Waals surface area contributed by atoms with E-state index >= 15 is 0 Å². The molecule has 0 aromatic heterocycles. The van der Waals surface area contributed by atoms with E-state index in [1.807, 2.05) is 0 Å². The molecular weight excluding hydrogens is 252 g/mol. The molecule has 0 saturated carbocycles. The molecule has 7 heteroatoms. The highest BCUT2D eigenvalue weighted by Crippen LogP contribution is 2.26. The Balaban J connectivity index is 2.09. The average molecular weight is 264 g/mol. The van der Waals surface area contributed by atoms with Crippen LogP contribution in [0.25, 0.3) is 0 Å². The Labute approximate surface area is 108 Å². The van der Waals surface area contributed by atoms with Gasteiger partial charge in [0.2, 0.25) is 0 Å². The predicted octanol–water partition coefficient (Wildman–Crippen LogP) is 1.42. The fourth-order valence-corrected chi connectivity index (χ4v) is 2.06. The van der Waals surface area contributed by atoms with E-state index < -0.39 is 10.9 Å². The van der Waals surface area contributed by atoms with Crippen molar-refractivity contribution >= 4 is 17.6 Å². The SMILES string of the molecule is O=C(O)CCCN1Cc2ccc([N+](=O)[O-])cc2C1=O. The summed E-state index contributed by atoms with van der Waals surface area (Å²) in [6.07, 6.45) is 0.372. The lowest BCUT2D eigenvalue weighted by Crippen LogP contribution is -2.25. The molecule has 1 N–H and O–H groups in total. The lowest BCUT2D eigenvalue weighted by Gasteiger charge is -2.14. The fourth-order valence-electron chi connectivity index (χ4n) is 2.06. The van der Waals surface area contributed by atoms with E-state index in [4.69, 9.17) is 5.11 Å². The second-order valence-electron chi connectivity index (χ2n) is 4.32. The highest BCUT2D eigenvalue weighted by molar-refractivity contribution is 5.98. The van der Waals surface area contributed by atoms with Crippen LogP contribution in [0.1, 0.15) is 28.8 Å². The van der Waals surface area contributed by atoms with E-state index in [1.165, 1.54) is 17.0 Å². The minimum Gasteiger partial charge on any atom is -0.481 e. The molecule has 1 amide bonds. The third-order valence-electron chi connectivity index (χ3n) is 3.00. The first-order valence-corrected chi connectivity index (χ1v) is 5.77. The molecule has 7 nitrogen and oxygen atoms in total. The van der Waals surface area contributed by atoms with Crippen LogP contribution in [0.4, 0.5) is 5.69 Å². The van der Waals surface area contributed by atoms with Crippen LogP contribution >= 0.6 is 0 Å². The molecule has 100 valence electrons. The number of carboxylic acids is 1. The molecule has 0 atom stereocenters. The first-order chi connectivity index (χ1) is 8.99. The third kappa shape index (κ3) is 2.70. The number of rotatable bonds is 5. The van der Waals surface area contributed by atoms with Gasteiger partial charge in [-0.1, -0.05) is 0 Å². The van der Waals surface area contributed by atoms with Crippen molar-refractivity contribution in [3.05, 3.63) is 39.4 Å². The van der Waals surface area contributed by atoms with Crippen LogP contribution in [0.3, 0.4) is 0 Å². The van der Waals surface area contributed by atoms with Gasteiger partial charge >= 0.3 is 5.97 Å². The molecule has 0 bridgehead atoms. The van der Waals surface area contributed by atoms with Crippen molar-refractivity contribution in [1.29, 1.82) is 0 Å². The molecule has 1 aromatic rings. The van der Waals surface area contributed by atoms with Gasteiger partial charge in [-0.3, -0.25) is 19.7 Å². The number of fused-ring (bicyclic) bond motifs is 1. The van der Waals surface area contributed by atoms with Crippen LogP contribution in [-0.2, 0) is 11.3 Å². The van der Waals surface area contributed by atoms with E-state index in [0.29, 0.717) is 25.1 Å². The Bertz CT molecular complexity index is 555. The van der Waals surface area contributed by atoms with Crippen molar-refractivity contribution in [3.63, 3.8) is 0 Å². The number of amides is 1. The minimum absolute atomic E-state index is 0.000271. The summed E-state index contributed by atoms with van der Waals surface area (Å²) in [6, 6.07) is 4.21. The predicted molar refractivity (Wildman–Crippen MR) is 64.7 cm³/mol. The monoisotopic (exact) mass is 264 g/mol. The van der Waals surface area contributed by atoms with Gasteiger partial charge in [0.25, 0.3) is 11.6 Å². The van der Waals surface area contributed by atoms with Crippen molar-refractivity contribution in [2.24, 2.45) is 0 Å². The summed E-state index contributed by atoms with van der Waals surface area (Å²) in [6.45, 7) is 0.722. The maximum absolute atomic E-state index is 12.0. The van der Waals surface area contributed by atoms with E-state index in [-0.39, 0.29) is 18.0 Å². The van der Waals surface area contributed by atoms with Crippen LogP contribution in [-0.4, -0.2) is 33.4 Å². The number of carbonyl (C=O) groups is 2. The molecule has 0 unspecified atom stereocenters. The summed E-state index contributed by atoms with van der Waals surface area (Å²) in [7, 11) is 0. The summed E-state index contributed by atoms with van der Waals surface area (Å²) in [5.41, 5.74) is 0.968. The summed E-state index contributed by atoms with van der Waals surface area (Å²) < 4.78 is 0. The van der Waals surface area contributed by atoms with Crippen LogP contribution in [0.5, 0.6) is 0 Å². The Morgan fingerprint density at radius 1 is 1.47 bits per heavy atom. The second-order valence-corrected chi connectivity index (χ2v) is 4.32. The van der Waals surface area contributed by atoms with Crippen LogP contribution in [0, 0.1) is 10.1 Å². The quantitative estimate of drug-likeness (QED) is 0.640. The van der Waals surface area contributed by atoms with Gasteiger partial charge in [-0.05, 0) is 18.1 Å². The van der Waals surface area contributed by atoms with Gasteiger partial charge in [0.1, 0.15) is 0 Å². The van der Waals surface area contributed by atoms with Gasteiger partial charge in [-0.15, -0.1) is 0 Å². The summed E-state index contributed by atoms with van der Waals surface area (Å²) in [5, 5.41) is 19.2. The second kappa shape index (κ2) is 5.05. The summed E-state index contributed by atoms with van der Waals surface area (Å²) in [5.74, 6) is -1.18. The lowest BCUT2D eigenvalue weighted by atomic mass is 10.1. The van der Waals surface area contributed by atoms with Gasteiger partial charge in [0.15, 0.2) is 0 Å². The van der Waals surface area contributed by atoms with E-state index in [2.05, 4.69) is 0 Å². The van der Waals surface area contributed by atoms with Crippen molar-refractivity contribution < 1.29 is 19.6 Å². The maximum Gasteiger partial charge on any atom is 0.303 e. The largest absolute Gasteiger partial charge is 0.481 e. The molecule has 0 aliphatic carbocycles. The Morgan fingerprint density at radius 3 is 2.84 bits per heavy atom.